The minimum Gasteiger partial charge on any atom is -0.507 e. The van der Waals surface area contributed by atoms with Gasteiger partial charge < -0.3 is 22.9 Å². The molecular formula is C32H52NNiO2S-. The van der Waals surface area contributed by atoms with Crippen LogP contribution in [-0.4, -0.2) is 16.8 Å². The molecular weight excluding hydrogens is 521 g/mol. The van der Waals surface area contributed by atoms with Crippen LogP contribution < -0.4 is 5.73 Å². The molecule has 0 atom stereocenters. The van der Waals surface area contributed by atoms with Crippen LogP contribution >= 0.6 is 11.8 Å². The first-order chi connectivity index (χ1) is 17.0. The first-order valence-corrected chi connectivity index (χ1v) is 14.7. The Morgan fingerprint density at radius 1 is 0.730 bits per heavy atom. The maximum Gasteiger partial charge on any atom is 0.129 e. The SMILES string of the molecule is CCCCCC(C)(C)c1ccc(O)c(Sc2cc(C(C)(C)CCCCC)ccc2O)c1.[CH2-]CCCN.[Ni]. The Morgan fingerprint density at radius 2 is 1.14 bits per heavy atom. The normalized spacial score (nSPS) is 11.5. The Balaban J connectivity index is 0.00000196. The number of nitrogens with two attached hydrogens (primary N) is 1. The van der Waals surface area contributed by atoms with Gasteiger partial charge in [0.05, 0.1) is 9.79 Å². The molecule has 4 N–H and O–H groups in total. The molecule has 214 valence electrons. The van der Waals surface area contributed by atoms with Gasteiger partial charge in [-0.25, -0.2) is 0 Å². The van der Waals surface area contributed by atoms with Crippen molar-refractivity contribution in [2.24, 2.45) is 5.73 Å². The van der Waals surface area contributed by atoms with Gasteiger partial charge in [-0.15, -0.1) is 0 Å². The maximum atomic E-state index is 10.5. The first-order valence-electron chi connectivity index (χ1n) is 13.9. The van der Waals surface area contributed by atoms with Crippen molar-refractivity contribution in [1.29, 1.82) is 0 Å². The summed E-state index contributed by atoms with van der Waals surface area (Å²) in [6.07, 6.45) is 11.6. The van der Waals surface area contributed by atoms with Crippen LogP contribution in [0.25, 0.3) is 0 Å². The number of phenolic OH excluding ortho intramolecular Hbond substituents is 2. The molecule has 0 aliphatic rings. The summed E-state index contributed by atoms with van der Waals surface area (Å²) >= 11 is 1.46. The van der Waals surface area contributed by atoms with Gasteiger partial charge in [0.15, 0.2) is 0 Å². The van der Waals surface area contributed by atoms with E-state index in [1.807, 2.05) is 12.1 Å². The van der Waals surface area contributed by atoms with Crippen molar-refractivity contribution in [3.8, 4) is 11.5 Å². The minimum absolute atomic E-state index is 0. The van der Waals surface area contributed by atoms with E-state index in [0.29, 0.717) is 0 Å². The van der Waals surface area contributed by atoms with Gasteiger partial charge >= 0.3 is 0 Å². The van der Waals surface area contributed by atoms with Gasteiger partial charge in [0.2, 0.25) is 0 Å². The largest absolute Gasteiger partial charge is 0.507 e. The van der Waals surface area contributed by atoms with E-state index in [1.165, 1.54) is 61.4 Å². The number of aromatic hydroxyl groups is 2. The summed E-state index contributed by atoms with van der Waals surface area (Å²) in [5.41, 5.74) is 7.69. The molecule has 0 spiro atoms. The Morgan fingerprint density at radius 3 is 1.43 bits per heavy atom. The number of rotatable bonds is 14. The van der Waals surface area contributed by atoms with E-state index >= 15 is 0 Å². The molecule has 0 aliphatic heterocycles. The molecule has 0 heterocycles. The summed E-state index contributed by atoms with van der Waals surface area (Å²) in [6, 6.07) is 11.9. The Hall–Kier alpha value is -1.16. The van der Waals surface area contributed by atoms with Crippen LogP contribution in [0.5, 0.6) is 11.5 Å². The zero-order chi connectivity index (χ0) is 27.2. The molecule has 2 aromatic rings. The van der Waals surface area contributed by atoms with Crippen molar-refractivity contribution in [3.05, 3.63) is 54.4 Å². The van der Waals surface area contributed by atoms with Crippen molar-refractivity contribution in [3.63, 3.8) is 0 Å². The van der Waals surface area contributed by atoms with Crippen LogP contribution in [-0.2, 0) is 27.3 Å². The molecule has 2 rings (SSSR count). The van der Waals surface area contributed by atoms with Gasteiger partial charge in [-0.05, 0) is 65.6 Å². The van der Waals surface area contributed by atoms with Crippen LogP contribution in [0.2, 0.25) is 0 Å². The topological polar surface area (TPSA) is 66.5 Å². The number of hydrogen-bond acceptors (Lipinski definition) is 4. The molecule has 0 bridgehead atoms. The van der Waals surface area contributed by atoms with Gasteiger partial charge in [0, 0.05) is 16.5 Å². The molecule has 3 nitrogen and oxygen atoms in total. The molecule has 0 aliphatic carbocycles. The van der Waals surface area contributed by atoms with E-state index in [2.05, 4.69) is 60.6 Å². The molecule has 0 unspecified atom stereocenters. The van der Waals surface area contributed by atoms with Gasteiger partial charge in [-0.1, -0.05) is 110 Å². The Kier molecular flexibility index (Phi) is 17.6. The number of benzene rings is 2. The second-order valence-corrected chi connectivity index (χ2v) is 12.2. The second-order valence-electron chi connectivity index (χ2n) is 11.1. The molecule has 0 amide bonds. The minimum atomic E-state index is 0. The van der Waals surface area contributed by atoms with Crippen molar-refractivity contribution in [2.75, 3.05) is 6.54 Å². The monoisotopic (exact) mass is 572 g/mol. The van der Waals surface area contributed by atoms with Crippen LogP contribution in [0, 0.1) is 6.92 Å². The Bertz CT molecular complexity index is 827. The fourth-order valence-electron chi connectivity index (χ4n) is 4.22. The van der Waals surface area contributed by atoms with Crippen LogP contribution in [0.4, 0.5) is 0 Å². The molecule has 5 heteroatoms. The van der Waals surface area contributed by atoms with E-state index in [-0.39, 0.29) is 38.8 Å². The van der Waals surface area contributed by atoms with Gasteiger partial charge in [0.25, 0.3) is 0 Å². The predicted octanol–water partition coefficient (Wildman–Crippen LogP) is 9.52. The molecule has 2 aromatic carbocycles. The average molecular weight is 574 g/mol. The standard InChI is InChI=1S/C28H42O2S.C4H10N.Ni/c1-7-9-11-17-27(3,4)21-13-15-23(29)25(19-21)31-26-20-22(14-16-24(26)30)28(5,6)18-12-10-8-2;1-2-3-4-5;/h13-16,19-20,29-30H,7-12,17-18H2,1-6H3;1-5H2;/q;-1;. The maximum absolute atomic E-state index is 10.5. The smallest absolute Gasteiger partial charge is 0.129 e. The van der Waals surface area contributed by atoms with Crippen molar-refractivity contribution in [1.82, 2.24) is 0 Å². The zero-order valence-corrected chi connectivity index (χ0v) is 25.9. The van der Waals surface area contributed by atoms with Gasteiger partial charge in [-0.2, -0.15) is 6.42 Å². The van der Waals surface area contributed by atoms with Crippen molar-refractivity contribution >= 4 is 11.8 Å². The van der Waals surface area contributed by atoms with E-state index in [9.17, 15) is 10.2 Å². The van der Waals surface area contributed by atoms with Gasteiger partial charge in [0.1, 0.15) is 11.5 Å². The summed E-state index contributed by atoms with van der Waals surface area (Å²) in [7, 11) is 0. The fourth-order valence-corrected chi connectivity index (χ4v) is 5.17. The van der Waals surface area contributed by atoms with Crippen LogP contribution in [0.3, 0.4) is 0 Å². The molecule has 37 heavy (non-hydrogen) atoms. The van der Waals surface area contributed by atoms with Crippen LogP contribution in [0.15, 0.2) is 46.2 Å². The summed E-state index contributed by atoms with van der Waals surface area (Å²) in [6.45, 7) is 17.9. The number of hydrogen-bond donors (Lipinski definition) is 3. The quantitative estimate of drug-likeness (QED) is 0.120. The molecule has 0 fully saturated rings. The van der Waals surface area contributed by atoms with Crippen molar-refractivity contribution < 1.29 is 26.7 Å². The molecule has 0 aromatic heterocycles. The van der Waals surface area contributed by atoms with E-state index < -0.39 is 0 Å². The molecule has 0 saturated heterocycles. The third kappa shape index (κ3) is 12.5. The zero-order valence-electron chi connectivity index (χ0n) is 24.1. The fraction of sp³-hybridized carbons (Fsp3) is 0.594. The van der Waals surface area contributed by atoms with Gasteiger partial charge in [-0.3, -0.25) is 0 Å². The number of phenols is 2. The van der Waals surface area contributed by atoms with Crippen LogP contribution in [0.1, 0.15) is 117 Å². The third-order valence-corrected chi connectivity index (χ3v) is 8.06. The summed E-state index contributed by atoms with van der Waals surface area (Å²) < 4.78 is 0. The van der Waals surface area contributed by atoms with E-state index in [1.54, 1.807) is 12.1 Å². The predicted molar refractivity (Wildman–Crippen MR) is 158 cm³/mol. The van der Waals surface area contributed by atoms with E-state index in [0.717, 1.165) is 42.0 Å². The van der Waals surface area contributed by atoms with Crippen molar-refractivity contribution in [2.45, 2.75) is 126 Å². The molecule has 0 radical (unpaired) electrons. The third-order valence-electron chi connectivity index (χ3n) is 6.97. The summed E-state index contributed by atoms with van der Waals surface area (Å²) in [5, 5.41) is 21.1. The summed E-state index contributed by atoms with van der Waals surface area (Å²) in [4.78, 5) is 1.61. The molecule has 0 saturated carbocycles. The number of unbranched alkanes of at least 4 members (excludes halogenated alkanes) is 5. The Labute approximate surface area is 242 Å². The average Bonchev–Trinajstić information content (AvgIpc) is 2.82. The second kappa shape index (κ2) is 18.2. The summed E-state index contributed by atoms with van der Waals surface area (Å²) in [5.74, 6) is 0.537. The van der Waals surface area contributed by atoms with E-state index in [4.69, 9.17) is 5.73 Å². The first kappa shape index (κ1) is 35.8.